The van der Waals surface area contributed by atoms with Gasteiger partial charge in [0.15, 0.2) is 0 Å². The van der Waals surface area contributed by atoms with Gasteiger partial charge in [-0.05, 0) is 54.7 Å². The van der Waals surface area contributed by atoms with Gasteiger partial charge in [-0.2, -0.15) is 0 Å². The van der Waals surface area contributed by atoms with E-state index in [1.54, 1.807) is 6.07 Å². The molecule has 17 heavy (non-hydrogen) atoms. The molecule has 0 aromatic carbocycles. The van der Waals surface area contributed by atoms with E-state index in [4.69, 9.17) is 5.11 Å². The van der Waals surface area contributed by atoms with Crippen LogP contribution in [-0.4, -0.2) is 40.2 Å². The molecule has 0 amide bonds. The van der Waals surface area contributed by atoms with Crippen LogP contribution in [-0.2, 0) is 6.54 Å². The first-order valence-electron chi connectivity index (χ1n) is 5.89. The van der Waals surface area contributed by atoms with Crippen molar-refractivity contribution in [3.63, 3.8) is 0 Å². The molecular weight excluding hydrogens is 331 g/mol. The average molecular weight is 350 g/mol. The van der Waals surface area contributed by atoms with Crippen LogP contribution in [0.15, 0.2) is 12.3 Å². The van der Waals surface area contributed by atoms with Crippen LogP contribution in [0.3, 0.4) is 0 Å². The van der Waals surface area contributed by atoms with Gasteiger partial charge in [-0.3, -0.25) is 0 Å². The largest absolute Gasteiger partial charge is 0.477 e. The molecule has 0 bridgehead atoms. The second-order valence-electron chi connectivity index (χ2n) is 3.92. The fourth-order valence-corrected chi connectivity index (χ4v) is 2.47. The topological polar surface area (TPSA) is 45.5 Å². The fraction of sp³-hybridized carbons (Fsp3) is 0.583. The molecule has 0 aliphatic heterocycles. The van der Waals surface area contributed by atoms with Gasteiger partial charge >= 0.3 is 5.97 Å². The summed E-state index contributed by atoms with van der Waals surface area (Å²) in [7, 11) is 0. The third kappa shape index (κ3) is 4.31. The Morgan fingerprint density at radius 2 is 2.12 bits per heavy atom. The van der Waals surface area contributed by atoms with Crippen LogP contribution in [0.5, 0.6) is 0 Å². The highest BCUT2D eigenvalue weighted by molar-refractivity contribution is 14.1. The Balaban J connectivity index is 2.54. The highest BCUT2D eigenvalue weighted by Crippen LogP contribution is 2.12. The first kappa shape index (κ1) is 14.5. The maximum Gasteiger partial charge on any atom is 0.352 e. The van der Waals surface area contributed by atoms with Gasteiger partial charge in [0.1, 0.15) is 5.69 Å². The summed E-state index contributed by atoms with van der Waals surface area (Å²) in [4.78, 5) is 13.4. The Morgan fingerprint density at radius 3 is 2.65 bits per heavy atom. The molecule has 0 fully saturated rings. The summed E-state index contributed by atoms with van der Waals surface area (Å²) in [5, 5.41) is 9.05. The molecule has 0 spiro atoms. The zero-order valence-electron chi connectivity index (χ0n) is 10.3. The Bertz CT molecular complexity index is 373. The summed E-state index contributed by atoms with van der Waals surface area (Å²) >= 11 is 2.14. The lowest BCUT2D eigenvalue weighted by Crippen LogP contribution is -2.25. The van der Waals surface area contributed by atoms with E-state index in [2.05, 4.69) is 41.3 Å². The molecule has 0 aliphatic rings. The number of hydrogen-bond acceptors (Lipinski definition) is 2. The van der Waals surface area contributed by atoms with E-state index in [0.29, 0.717) is 5.69 Å². The zero-order chi connectivity index (χ0) is 12.8. The smallest absolute Gasteiger partial charge is 0.352 e. The molecule has 1 aromatic rings. The number of carbonyl (C=O) groups is 1. The van der Waals surface area contributed by atoms with Crippen molar-refractivity contribution in [1.29, 1.82) is 0 Å². The van der Waals surface area contributed by atoms with Crippen molar-refractivity contribution in [1.82, 2.24) is 9.47 Å². The summed E-state index contributed by atoms with van der Waals surface area (Å²) < 4.78 is 2.80. The normalized spacial score (nSPS) is 11.1. The molecule has 0 atom stereocenters. The van der Waals surface area contributed by atoms with Gasteiger partial charge < -0.3 is 14.6 Å². The Kier molecular flexibility index (Phi) is 5.97. The van der Waals surface area contributed by atoms with Crippen LogP contribution in [0.4, 0.5) is 0 Å². The number of carboxylic acid groups (broad SMARTS) is 1. The van der Waals surface area contributed by atoms with Gasteiger partial charge in [0.2, 0.25) is 0 Å². The van der Waals surface area contributed by atoms with E-state index in [9.17, 15) is 4.79 Å². The van der Waals surface area contributed by atoms with Crippen LogP contribution in [0, 0.1) is 3.57 Å². The molecule has 1 heterocycles. The maximum absolute atomic E-state index is 11.0. The van der Waals surface area contributed by atoms with Crippen molar-refractivity contribution in [2.24, 2.45) is 0 Å². The van der Waals surface area contributed by atoms with Gasteiger partial charge in [-0.1, -0.05) is 13.8 Å². The van der Waals surface area contributed by atoms with Gasteiger partial charge in [-0.25, -0.2) is 4.79 Å². The van der Waals surface area contributed by atoms with E-state index in [1.165, 1.54) is 0 Å². The predicted molar refractivity (Wildman–Crippen MR) is 76.5 cm³/mol. The van der Waals surface area contributed by atoms with Crippen LogP contribution >= 0.6 is 22.6 Å². The van der Waals surface area contributed by atoms with Crippen molar-refractivity contribution >= 4 is 28.6 Å². The second-order valence-corrected chi connectivity index (χ2v) is 5.17. The minimum absolute atomic E-state index is 0.383. The molecule has 1 aromatic heterocycles. The van der Waals surface area contributed by atoms with E-state index in [-0.39, 0.29) is 0 Å². The summed E-state index contributed by atoms with van der Waals surface area (Å²) in [6.07, 6.45) is 2.87. The number of halogens is 1. The van der Waals surface area contributed by atoms with Gasteiger partial charge in [0.05, 0.1) is 0 Å². The minimum Gasteiger partial charge on any atom is -0.477 e. The number of aromatic nitrogens is 1. The fourth-order valence-electron chi connectivity index (χ4n) is 1.84. The first-order chi connectivity index (χ1) is 8.08. The third-order valence-corrected chi connectivity index (χ3v) is 3.44. The molecule has 96 valence electrons. The number of aryl methyl sites for hydroxylation is 1. The minimum atomic E-state index is -0.851. The predicted octanol–water partition coefficient (Wildman–Crippen LogP) is 2.52. The first-order valence-corrected chi connectivity index (χ1v) is 6.97. The molecule has 0 unspecified atom stereocenters. The molecule has 1 N–H and O–H groups in total. The second kappa shape index (κ2) is 7.00. The van der Waals surface area contributed by atoms with E-state index in [0.717, 1.165) is 36.2 Å². The number of aromatic carboxylic acids is 1. The zero-order valence-corrected chi connectivity index (χ0v) is 12.5. The average Bonchev–Trinajstić information content (AvgIpc) is 2.66. The number of rotatable bonds is 7. The molecule has 0 radical (unpaired) electrons. The van der Waals surface area contributed by atoms with Crippen molar-refractivity contribution in [3.8, 4) is 0 Å². The Morgan fingerprint density at radius 1 is 1.47 bits per heavy atom. The molecule has 5 heteroatoms. The van der Waals surface area contributed by atoms with Crippen LogP contribution in [0.2, 0.25) is 0 Å². The number of hydrogen-bond donors (Lipinski definition) is 1. The van der Waals surface area contributed by atoms with Crippen molar-refractivity contribution in [2.75, 3.05) is 19.6 Å². The Hall–Kier alpha value is -0.560. The molecule has 0 saturated carbocycles. The maximum atomic E-state index is 11.0. The summed E-state index contributed by atoms with van der Waals surface area (Å²) in [6.45, 7) is 8.16. The number of carboxylic acids is 1. The van der Waals surface area contributed by atoms with Crippen molar-refractivity contribution in [2.45, 2.75) is 26.8 Å². The Labute approximate surface area is 116 Å². The highest BCUT2D eigenvalue weighted by Gasteiger charge is 2.11. The molecule has 0 aliphatic carbocycles. The lowest BCUT2D eigenvalue weighted by Gasteiger charge is -2.18. The van der Waals surface area contributed by atoms with Crippen LogP contribution < -0.4 is 0 Å². The third-order valence-electron chi connectivity index (χ3n) is 2.85. The van der Waals surface area contributed by atoms with E-state index in [1.807, 2.05) is 10.8 Å². The van der Waals surface area contributed by atoms with Gasteiger partial charge in [-0.15, -0.1) is 0 Å². The van der Waals surface area contributed by atoms with Gasteiger partial charge in [0.25, 0.3) is 0 Å². The van der Waals surface area contributed by atoms with E-state index < -0.39 is 5.97 Å². The molecule has 0 saturated heterocycles. The van der Waals surface area contributed by atoms with Gasteiger partial charge in [0, 0.05) is 16.3 Å². The molecule has 4 nitrogen and oxygen atoms in total. The quantitative estimate of drug-likeness (QED) is 0.769. The number of nitrogens with zero attached hydrogens (tertiary/aromatic N) is 2. The van der Waals surface area contributed by atoms with Crippen molar-refractivity contribution in [3.05, 3.63) is 21.5 Å². The summed E-state index contributed by atoms with van der Waals surface area (Å²) in [6, 6.07) is 1.71. The standard InChI is InChI=1S/C12H19IN2O2/c1-3-14(4-2)6-5-7-15-9-10(13)8-11(15)12(16)17/h8-9H,3-7H2,1-2H3,(H,16,17). The summed E-state index contributed by atoms with van der Waals surface area (Å²) in [5.74, 6) is -0.851. The SMILES string of the molecule is CCN(CC)CCCn1cc(I)cc1C(=O)O. The van der Waals surface area contributed by atoms with Crippen molar-refractivity contribution < 1.29 is 9.90 Å². The van der Waals surface area contributed by atoms with Crippen LogP contribution in [0.25, 0.3) is 0 Å². The molecule has 1 rings (SSSR count). The highest BCUT2D eigenvalue weighted by atomic mass is 127. The monoisotopic (exact) mass is 350 g/mol. The van der Waals surface area contributed by atoms with Crippen LogP contribution in [0.1, 0.15) is 30.8 Å². The lowest BCUT2D eigenvalue weighted by molar-refractivity contribution is 0.0684. The molecular formula is C12H19IN2O2. The van der Waals surface area contributed by atoms with E-state index >= 15 is 0 Å². The summed E-state index contributed by atoms with van der Waals surface area (Å²) in [5.41, 5.74) is 0.383. The lowest BCUT2D eigenvalue weighted by atomic mass is 10.3.